The molecule has 3 heteroatoms. The molecule has 0 spiro atoms. The third-order valence-corrected chi connectivity index (χ3v) is 2.80. The Balaban J connectivity index is 2.96. The zero-order valence-electron chi connectivity index (χ0n) is 7.26. The van der Waals surface area contributed by atoms with E-state index in [9.17, 15) is 0 Å². The Morgan fingerprint density at radius 3 is 2.67 bits per heavy atom. The quantitative estimate of drug-likeness (QED) is 0.603. The molecule has 1 atom stereocenters. The molecule has 1 rings (SSSR count). The summed E-state index contributed by atoms with van der Waals surface area (Å²) in [5, 5.41) is 0. The van der Waals surface area contributed by atoms with Crippen molar-refractivity contribution in [2.45, 2.75) is 19.9 Å². The van der Waals surface area contributed by atoms with E-state index in [-0.39, 0.29) is 6.04 Å². The maximum atomic E-state index is 5.33. The van der Waals surface area contributed by atoms with Crippen LogP contribution in [0.5, 0.6) is 0 Å². The Kier molecular flexibility index (Phi) is 3.26. The number of nitrogens with one attached hydrogen (secondary N) is 1. The number of nitrogens with two attached hydrogens (primary N) is 1. The lowest BCUT2D eigenvalue weighted by Gasteiger charge is -2.11. The van der Waals surface area contributed by atoms with E-state index in [4.69, 9.17) is 5.84 Å². The summed E-state index contributed by atoms with van der Waals surface area (Å²) in [7, 11) is 0. The number of aryl methyl sites for hydroxylation is 1. The molecule has 1 aromatic carbocycles. The number of rotatable bonds is 2. The first kappa shape index (κ1) is 9.71. The molecular formula is C9H13BrN2. The fourth-order valence-electron chi connectivity index (χ4n) is 0.975. The number of hydrazine groups is 1. The highest BCUT2D eigenvalue weighted by Gasteiger charge is 2.03. The van der Waals surface area contributed by atoms with E-state index in [0.717, 1.165) is 4.47 Å². The van der Waals surface area contributed by atoms with Crippen LogP contribution in [0.2, 0.25) is 0 Å². The predicted molar refractivity (Wildman–Crippen MR) is 54.6 cm³/mol. The van der Waals surface area contributed by atoms with Gasteiger partial charge in [0.25, 0.3) is 0 Å². The van der Waals surface area contributed by atoms with Crippen LogP contribution in [0.3, 0.4) is 0 Å². The molecule has 0 aliphatic carbocycles. The van der Waals surface area contributed by atoms with E-state index >= 15 is 0 Å². The van der Waals surface area contributed by atoms with E-state index < -0.39 is 0 Å². The summed E-state index contributed by atoms with van der Waals surface area (Å²) in [4.78, 5) is 0. The summed E-state index contributed by atoms with van der Waals surface area (Å²) in [5.74, 6) is 5.33. The van der Waals surface area contributed by atoms with E-state index in [2.05, 4.69) is 46.5 Å². The highest BCUT2D eigenvalue weighted by molar-refractivity contribution is 9.10. The zero-order chi connectivity index (χ0) is 9.14. The molecule has 66 valence electrons. The van der Waals surface area contributed by atoms with Crippen molar-refractivity contribution in [3.8, 4) is 0 Å². The summed E-state index contributed by atoms with van der Waals surface area (Å²) < 4.78 is 1.13. The van der Waals surface area contributed by atoms with Gasteiger partial charge < -0.3 is 0 Å². The first-order valence-electron chi connectivity index (χ1n) is 3.87. The van der Waals surface area contributed by atoms with Crippen LogP contribution < -0.4 is 11.3 Å². The van der Waals surface area contributed by atoms with Crippen LogP contribution in [-0.2, 0) is 0 Å². The summed E-state index contributed by atoms with van der Waals surface area (Å²) in [6.45, 7) is 4.09. The largest absolute Gasteiger partial charge is 0.271 e. The Morgan fingerprint density at radius 1 is 1.50 bits per heavy atom. The van der Waals surface area contributed by atoms with Gasteiger partial charge in [0.1, 0.15) is 0 Å². The number of halogens is 1. The molecule has 0 fully saturated rings. The van der Waals surface area contributed by atoms with Crippen LogP contribution >= 0.6 is 15.9 Å². The number of benzene rings is 1. The van der Waals surface area contributed by atoms with Crippen LogP contribution in [0.25, 0.3) is 0 Å². The van der Waals surface area contributed by atoms with E-state index in [1.54, 1.807) is 0 Å². The number of hydrogen-bond acceptors (Lipinski definition) is 2. The van der Waals surface area contributed by atoms with E-state index in [1.165, 1.54) is 11.1 Å². The minimum absolute atomic E-state index is 0.196. The highest BCUT2D eigenvalue weighted by Crippen LogP contribution is 2.20. The molecule has 3 N–H and O–H groups in total. The maximum Gasteiger partial charge on any atom is 0.0432 e. The molecule has 0 saturated carbocycles. The van der Waals surface area contributed by atoms with Gasteiger partial charge in [-0.2, -0.15) is 0 Å². The summed E-state index contributed by atoms with van der Waals surface area (Å²) in [6, 6.07) is 6.43. The molecule has 0 aromatic heterocycles. The van der Waals surface area contributed by atoms with Crippen molar-refractivity contribution in [3.05, 3.63) is 33.8 Å². The third kappa shape index (κ3) is 2.06. The molecule has 2 nitrogen and oxygen atoms in total. The van der Waals surface area contributed by atoms with Gasteiger partial charge in [-0.25, -0.2) is 0 Å². The smallest absolute Gasteiger partial charge is 0.0432 e. The first-order chi connectivity index (χ1) is 5.65. The third-order valence-electron chi connectivity index (χ3n) is 1.95. The van der Waals surface area contributed by atoms with Crippen LogP contribution in [0, 0.1) is 6.92 Å². The van der Waals surface area contributed by atoms with Crippen LogP contribution in [0.15, 0.2) is 22.7 Å². The highest BCUT2D eigenvalue weighted by atomic mass is 79.9. The minimum atomic E-state index is 0.196. The van der Waals surface area contributed by atoms with Crippen molar-refractivity contribution in [1.82, 2.24) is 5.43 Å². The molecule has 0 unspecified atom stereocenters. The van der Waals surface area contributed by atoms with Crippen molar-refractivity contribution in [3.63, 3.8) is 0 Å². The first-order valence-corrected chi connectivity index (χ1v) is 4.66. The van der Waals surface area contributed by atoms with Gasteiger partial charge in [-0.1, -0.05) is 28.1 Å². The Labute approximate surface area is 81.3 Å². The van der Waals surface area contributed by atoms with E-state index in [1.807, 2.05) is 6.92 Å². The molecule has 0 saturated heterocycles. The molecule has 0 aliphatic rings. The van der Waals surface area contributed by atoms with Crippen molar-refractivity contribution in [2.75, 3.05) is 0 Å². The predicted octanol–water partition coefficient (Wildman–Crippen LogP) is 2.28. The van der Waals surface area contributed by atoms with Crippen LogP contribution in [-0.4, -0.2) is 0 Å². The van der Waals surface area contributed by atoms with Gasteiger partial charge in [0.2, 0.25) is 0 Å². The van der Waals surface area contributed by atoms with Gasteiger partial charge in [-0.15, -0.1) is 0 Å². The lowest BCUT2D eigenvalue weighted by Crippen LogP contribution is -2.25. The topological polar surface area (TPSA) is 38.0 Å². The minimum Gasteiger partial charge on any atom is -0.271 e. The van der Waals surface area contributed by atoms with E-state index in [0.29, 0.717) is 0 Å². The van der Waals surface area contributed by atoms with Crippen LogP contribution in [0.1, 0.15) is 24.1 Å². The average molecular weight is 229 g/mol. The normalized spacial score (nSPS) is 13.0. The monoisotopic (exact) mass is 228 g/mol. The van der Waals surface area contributed by atoms with Gasteiger partial charge in [0, 0.05) is 10.5 Å². The second-order valence-electron chi connectivity index (χ2n) is 2.90. The molecule has 1 aromatic rings. The molecule has 0 radical (unpaired) electrons. The number of hydrogen-bond donors (Lipinski definition) is 2. The zero-order valence-corrected chi connectivity index (χ0v) is 8.85. The standard InChI is InChI=1S/C9H13BrN2/c1-6-3-4-8(5-9(6)10)7(2)12-11/h3-5,7,12H,11H2,1-2H3/t7-/m1/s1. The van der Waals surface area contributed by atoms with Gasteiger partial charge in [0.15, 0.2) is 0 Å². The fraction of sp³-hybridized carbons (Fsp3) is 0.333. The van der Waals surface area contributed by atoms with Gasteiger partial charge >= 0.3 is 0 Å². The lowest BCUT2D eigenvalue weighted by molar-refractivity contribution is 0.602. The molecule has 0 amide bonds. The molecule has 0 heterocycles. The van der Waals surface area contributed by atoms with Crippen molar-refractivity contribution >= 4 is 15.9 Å². The Morgan fingerprint density at radius 2 is 2.17 bits per heavy atom. The summed E-state index contributed by atoms with van der Waals surface area (Å²) >= 11 is 3.47. The molecule has 0 bridgehead atoms. The second kappa shape index (κ2) is 4.03. The summed E-state index contributed by atoms with van der Waals surface area (Å²) in [6.07, 6.45) is 0. The second-order valence-corrected chi connectivity index (χ2v) is 3.75. The Hall–Kier alpha value is -0.380. The Bertz CT molecular complexity index is 273. The summed E-state index contributed by atoms with van der Waals surface area (Å²) in [5.41, 5.74) is 5.14. The van der Waals surface area contributed by atoms with Crippen molar-refractivity contribution in [1.29, 1.82) is 0 Å². The lowest BCUT2D eigenvalue weighted by atomic mass is 10.1. The van der Waals surface area contributed by atoms with Crippen molar-refractivity contribution < 1.29 is 0 Å². The molecule has 0 aliphatic heterocycles. The maximum absolute atomic E-state index is 5.33. The molecule has 12 heavy (non-hydrogen) atoms. The SMILES string of the molecule is Cc1ccc([C@@H](C)NN)cc1Br. The van der Waals surface area contributed by atoms with Gasteiger partial charge in [0.05, 0.1) is 0 Å². The van der Waals surface area contributed by atoms with Crippen LogP contribution in [0.4, 0.5) is 0 Å². The van der Waals surface area contributed by atoms with Gasteiger partial charge in [-0.3, -0.25) is 11.3 Å². The average Bonchev–Trinajstić information content (AvgIpc) is 2.08. The van der Waals surface area contributed by atoms with Crippen molar-refractivity contribution in [2.24, 2.45) is 5.84 Å². The van der Waals surface area contributed by atoms with Gasteiger partial charge in [-0.05, 0) is 31.0 Å². The molecular weight excluding hydrogens is 216 g/mol. The fourth-order valence-corrected chi connectivity index (χ4v) is 1.37.